The molecule has 0 spiro atoms. The summed E-state index contributed by atoms with van der Waals surface area (Å²) in [6.07, 6.45) is 1.87. The Morgan fingerprint density at radius 2 is 1.88 bits per heavy atom. The Kier molecular flexibility index (Phi) is 7.57. The van der Waals surface area contributed by atoms with Crippen LogP contribution in [0.1, 0.15) is 37.8 Å². The fourth-order valence-corrected chi connectivity index (χ4v) is 2.49. The Balaban J connectivity index is 0.00000288. The highest BCUT2D eigenvalue weighted by molar-refractivity contribution is 5.85. The minimum Gasteiger partial charge on any atom is -0.354 e. The predicted molar refractivity (Wildman–Crippen MR) is 88.5 cm³/mol. The molecule has 134 valence electrons. The molecule has 2 rings (SSSR count). The van der Waals surface area contributed by atoms with Crippen molar-refractivity contribution in [3.05, 3.63) is 35.4 Å². The van der Waals surface area contributed by atoms with Crippen molar-refractivity contribution in [3.63, 3.8) is 0 Å². The van der Waals surface area contributed by atoms with E-state index in [0.29, 0.717) is 12.5 Å². The highest BCUT2D eigenvalue weighted by Gasteiger charge is 2.29. The summed E-state index contributed by atoms with van der Waals surface area (Å²) in [4.78, 5) is 23.3. The molecule has 0 saturated heterocycles. The van der Waals surface area contributed by atoms with Gasteiger partial charge in [0, 0.05) is 25.1 Å². The van der Waals surface area contributed by atoms with Gasteiger partial charge in [0.1, 0.15) is 11.6 Å². The number of carbonyl (C=O) groups is 2. The zero-order valence-electron chi connectivity index (χ0n) is 13.4. The van der Waals surface area contributed by atoms with Crippen LogP contribution in [0.4, 0.5) is 8.78 Å². The summed E-state index contributed by atoms with van der Waals surface area (Å²) in [5, 5.41) is 5.08. The average Bonchev–Trinajstić information content (AvgIpc) is 3.28. The molecular formula is C16H22ClF2N3O2. The van der Waals surface area contributed by atoms with Crippen LogP contribution in [0, 0.1) is 17.6 Å². The molecule has 8 heteroatoms. The lowest BCUT2D eigenvalue weighted by Gasteiger charge is -2.20. The van der Waals surface area contributed by atoms with Gasteiger partial charge in [0.2, 0.25) is 11.8 Å². The molecule has 0 heterocycles. The number of amides is 2. The number of halogens is 3. The molecule has 2 amide bonds. The van der Waals surface area contributed by atoms with E-state index in [1.807, 2.05) is 0 Å². The first kappa shape index (κ1) is 20.3. The molecule has 1 aromatic rings. The maximum Gasteiger partial charge on any atom is 0.222 e. The first-order valence-electron chi connectivity index (χ1n) is 7.61. The van der Waals surface area contributed by atoms with E-state index in [0.717, 1.165) is 25.0 Å². The summed E-state index contributed by atoms with van der Waals surface area (Å²) < 4.78 is 27.8. The average molecular weight is 362 g/mol. The molecule has 1 fully saturated rings. The number of rotatable bonds is 7. The van der Waals surface area contributed by atoms with Crippen LogP contribution in [-0.4, -0.2) is 24.4 Å². The summed E-state index contributed by atoms with van der Waals surface area (Å²) in [7, 11) is 0. The maximum atomic E-state index is 13.9. The van der Waals surface area contributed by atoms with E-state index >= 15 is 0 Å². The lowest BCUT2D eigenvalue weighted by atomic mass is 10.0. The number of nitrogens with one attached hydrogen (secondary N) is 2. The quantitative estimate of drug-likeness (QED) is 0.692. The Hall–Kier alpha value is -1.73. The van der Waals surface area contributed by atoms with Crippen molar-refractivity contribution in [2.24, 2.45) is 11.7 Å². The van der Waals surface area contributed by atoms with E-state index in [4.69, 9.17) is 5.73 Å². The summed E-state index contributed by atoms with van der Waals surface area (Å²) in [6.45, 7) is 1.54. The van der Waals surface area contributed by atoms with Crippen LogP contribution in [0.15, 0.2) is 18.2 Å². The standard InChI is InChI=1S/C16H21F2N3O2.ClH/c1-9(22)21-14(16-11(17)3-2-4-12(16)18)7-15(23)20-8-13(19)10-5-6-10;/h2-4,10,13-14H,5-8,19H2,1H3,(H,20,23)(H,21,22);1H. The van der Waals surface area contributed by atoms with Gasteiger partial charge >= 0.3 is 0 Å². The summed E-state index contributed by atoms with van der Waals surface area (Å²) in [5.41, 5.74) is 5.58. The SMILES string of the molecule is CC(=O)NC(CC(=O)NCC(N)C1CC1)c1c(F)cccc1F.Cl. The molecule has 1 saturated carbocycles. The van der Waals surface area contributed by atoms with Gasteiger partial charge in [-0.2, -0.15) is 0 Å². The van der Waals surface area contributed by atoms with Crippen molar-refractivity contribution in [1.29, 1.82) is 0 Å². The number of nitrogens with two attached hydrogens (primary N) is 1. The van der Waals surface area contributed by atoms with E-state index in [1.165, 1.54) is 13.0 Å². The molecule has 2 atom stereocenters. The van der Waals surface area contributed by atoms with Crippen molar-refractivity contribution in [2.45, 2.75) is 38.3 Å². The van der Waals surface area contributed by atoms with E-state index in [-0.39, 0.29) is 30.4 Å². The third kappa shape index (κ3) is 5.72. The van der Waals surface area contributed by atoms with E-state index in [9.17, 15) is 18.4 Å². The summed E-state index contributed by atoms with van der Waals surface area (Å²) >= 11 is 0. The molecular weight excluding hydrogens is 340 g/mol. The molecule has 0 bridgehead atoms. The van der Waals surface area contributed by atoms with Gasteiger partial charge in [-0.05, 0) is 30.9 Å². The third-order valence-corrected chi connectivity index (χ3v) is 3.88. The second kappa shape index (κ2) is 8.94. The first-order chi connectivity index (χ1) is 10.9. The maximum absolute atomic E-state index is 13.9. The largest absolute Gasteiger partial charge is 0.354 e. The number of benzene rings is 1. The van der Waals surface area contributed by atoms with E-state index in [2.05, 4.69) is 10.6 Å². The smallest absolute Gasteiger partial charge is 0.222 e. The molecule has 2 unspecified atom stereocenters. The zero-order valence-corrected chi connectivity index (χ0v) is 14.2. The highest BCUT2D eigenvalue weighted by Crippen LogP contribution is 2.31. The Morgan fingerprint density at radius 3 is 2.38 bits per heavy atom. The van der Waals surface area contributed by atoms with Gasteiger partial charge in [0.15, 0.2) is 0 Å². The fourth-order valence-electron chi connectivity index (χ4n) is 2.49. The highest BCUT2D eigenvalue weighted by atomic mass is 35.5. The third-order valence-electron chi connectivity index (χ3n) is 3.88. The van der Waals surface area contributed by atoms with Crippen molar-refractivity contribution in [3.8, 4) is 0 Å². The second-order valence-electron chi connectivity index (χ2n) is 5.90. The van der Waals surface area contributed by atoms with E-state index in [1.54, 1.807) is 0 Å². The molecule has 1 aromatic carbocycles. The monoisotopic (exact) mass is 361 g/mol. The number of hydrogen-bond donors (Lipinski definition) is 3. The minimum atomic E-state index is -1.06. The van der Waals surface area contributed by atoms with Crippen LogP contribution in [-0.2, 0) is 9.59 Å². The predicted octanol–water partition coefficient (Wildman–Crippen LogP) is 1.81. The molecule has 0 aliphatic heterocycles. The van der Waals surface area contributed by atoms with Gasteiger partial charge in [-0.25, -0.2) is 8.78 Å². The van der Waals surface area contributed by atoms with Crippen LogP contribution >= 0.6 is 12.4 Å². The zero-order chi connectivity index (χ0) is 17.0. The van der Waals surface area contributed by atoms with Gasteiger partial charge in [0.05, 0.1) is 12.5 Å². The molecule has 0 radical (unpaired) electrons. The van der Waals surface area contributed by atoms with Crippen molar-refractivity contribution in [2.75, 3.05) is 6.54 Å². The normalized spacial score (nSPS) is 15.8. The summed E-state index contributed by atoms with van der Waals surface area (Å²) in [6, 6.07) is 2.24. The van der Waals surface area contributed by atoms with Gasteiger partial charge < -0.3 is 16.4 Å². The van der Waals surface area contributed by atoms with Crippen molar-refractivity contribution >= 4 is 24.2 Å². The lowest BCUT2D eigenvalue weighted by Crippen LogP contribution is -2.40. The molecule has 1 aliphatic rings. The Bertz CT molecular complexity index is 576. The topological polar surface area (TPSA) is 84.2 Å². The molecule has 24 heavy (non-hydrogen) atoms. The van der Waals surface area contributed by atoms with Crippen LogP contribution in [0.25, 0.3) is 0 Å². The van der Waals surface area contributed by atoms with Crippen LogP contribution in [0.2, 0.25) is 0 Å². The molecule has 0 aromatic heterocycles. The summed E-state index contributed by atoms with van der Waals surface area (Å²) in [5.74, 6) is -2.05. The van der Waals surface area contributed by atoms with Crippen LogP contribution < -0.4 is 16.4 Å². The lowest BCUT2D eigenvalue weighted by molar-refractivity contribution is -0.122. The number of carbonyl (C=O) groups excluding carboxylic acids is 2. The molecule has 4 N–H and O–H groups in total. The van der Waals surface area contributed by atoms with Crippen molar-refractivity contribution < 1.29 is 18.4 Å². The second-order valence-corrected chi connectivity index (χ2v) is 5.90. The fraction of sp³-hybridized carbons (Fsp3) is 0.500. The molecule has 1 aliphatic carbocycles. The molecule has 5 nitrogen and oxygen atoms in total. The Labute approximate surface area is 145 Å². The van der Waals surface area contributed by atoms with Gasteiger partial charge in [-0.15, -0.1) is 12.4 Å². The van der Waals surface area contributed by atoms with Crippen LogP contribution in [0.3, 0.4) is 0 Å². The van der Waals surface area contributed by atoms with E-state index < -0.39 is 29.5 Å². The minimum absolute atomic E-state index is 0. The van der Waals surface area contributed by atoms with Gasteiger partial charge in [0.25, 0.3) is 0 Å². The van der Waals surface area contributed by atoms with Crippen molar-refractivity contribution in [1.82, 2.24) is 10.6 Å². The van der Waals surface area contributed by atoms with Crippen LogP contribution in [0.5, 0.6) is 0 Å². The number of hydrogen-bond acceptors (Lipinski definition) is 3. The first-order valence-corrected chi connectivity index (χ1v) is 7.61. The van der Waals surface area contributed by atoms with Gasteiger partial charge in [-0.3, -0.25) is 9.59 Å². The van der Waals surface area contributed by atoms with Gasteiger partial charge in [-0.1, -0.05) is 6.07 Å². The Morgan fingerprint density at radius 1 is 1.29 bits per heavy atom.